The summed E-state index contributed by atoms with van der Waals surface area (Å²) in [5.41, 5.74) is 2.07. The lowest BCUT2D eigenvalue weighted by atomic mass is 10.1. The van der Waals surface area contributed by atoms with Crippen molar-refractivity contribution in [2.24, 2.45) is 0 Å². The van der Waals surface area contributed by atoms with Gasteiger partial charge >= 0.3 is 0 Å². The molecule has 0 fully saturated rings. The van der Waals surface area contributed by atoms with Crippen molar-refractivity contribution >= 4 is 55.1 Å². The van der Waals surface area contributed by atoms with Gasteiger partial charge in [-0.15, -0.1) is 0 Å². The van der Waals surface area contributed by atoms with Crippen LogP contribution in [0.15, 0.2) is 39.4 Å². The van der Waals surface area contributed by atoms with Crippen molar-refractivity contribution in [3.63, 3.8) is 0 Å². The van der Waals surface area contributed by atoms with Gasteiger partial charge in [0.15, 0.2) is 0 Å². The lowest BCUT2D eigenvalue weighted by Gasteiger charge is -2.08. The molecule has 0 bridgehead atoms. The van der Waals surface area contributed by atoms with Gasteiger partial charge in [-0.25, -0.2) is 0 Å². The summed E-state index contributed by atoms with van der Waals surface area (Å²) in [6.07, 6.45) is 2.64. The van der Waals surface area contributed by atoms with E-state index in [-0.39, 0.29) is 0 Å². The van der Waals surface area contributed by atoms with Crippen molar-refractivity contribution in [2.45, 2.75) is 13.0 Å². The highest BCUT2D eigenvalue weighted by molar-refractivity contribution is 9.11. The molecule has 0 spiro atoms. The molecule has 2 rings (SSSR count). The maximum absolute atomic E-state index is 6.13. The van der Waals surface area contributed by atoms with Crippen molar-refractivity contribution in [3.05, 3.63) is 60.7 Å². The van der Waals surface area contributed by atoms with E-state index in [1.54, 1.807) is 12.3 Å². The lowest BCUT2D eigenvalue weighted by molar-refractivity contribution is 0.672. The summed E-state index contributed by atoms with van der Waals surface area (Å²) in [5, 5.41) is 4.73. The zero-order valence-corrected chi connectivity index (χ0v) is 15.2. The largest absolute Gasteiger partial charge is 0.311 e. The maximum atomic E-state index is 6.13. The van der Waals surface area contributed by atoms with Gasteiger partial charge in [-0.3, -0.25) is 4.98 Å². The molecule has 1 aromatic carbocycles. The zero-order chi connectivity index (χ0) is 14.5. The Bertz CT molecular complexity index is 552. The van der Waals surface area contributed by atoms with Gasteiger partial charge in [-0.1, -0.05) is 29.3 Å². The first-order valence-electron chi connectivity index (χ1n) is 6.01. The van der Waals surface area contributed by atoms with Gasteiger partial charge in [-0.05, 0) is 68.6 Å². The Labute approximate surface area is 145 Å². The smallest absolute Gasteiger partial charge is 0.0684 e. The van der Waals surface area contributed by atoms with Crippen LogP contribution < -0.4 is 5.32 Å². The minimum atomic E-state index is 0.662. The second-order valence-electron chi connectivity index (χ2n) is 4.24. The number of rotatable bonds is 5. The van der Waals surface area contributed by atoms with E-state index in [1.807, 2.05) is 18.2 Å². The molecule has 1 aromatic heterocycles. The number of aromatic nitrogens is 1. The Morgan fingerprint density at radius 2 is 1.95 bits per heavy atom. The van der Waals surface area contributed by atoms with Crippen LogP contribution in [-0.2, 0) is 13.0 Å². The number of hydrogen-bond donors (Lipinski definition) is 1. The molecule has 1 N–H and O–H groups in total. The van der Waals surface area contributed by atoms with Gasteiger partial charge in [0.2, 0.25) is 0 Å². The van der Waals surface area contributed by atoms with E-state index in [0.29, 0.717) is 16.6 Å². The Balaban J connectivity index is 1.84. The molecule has 0 atom stereocenters. The van der Waals surface area contributed by atoms with Crippen molar-refractivity contribution in [1.82, 2.24) is 10.3 Å². The summed E-state index contributed by atoms with van der Waals surface area (Å²) in [4.78, 5) is 4.35. The minimum Gasteiger partial charge on any atom is -0.311 e. The second kappa shape index (κ2) is 7.76. The first-order chi connectivity index (χ1) is 9.56. The fraction of sp³-hybridized carbons (Fsp3) is 0.214. The SMILES string of the molecule is Clc1ccc(CCNCc2ncc(Br)cc2Br)c(Cl)c1. The van der Waals surface area contributed by atoms with E-state index in [9.17, 15) is 0 Å². The van der Waals surface area contributed by atoms with Gasteiger partial charge in [0, 0.05) is 31.7 Å². The highest BCUT2D eigenvalue weighted by Crippen LogP contribution is 2.21. The van der Waals surface area contributed by atoms with Gasteiger partial charge in [-0.2, -0.15) is 0 Å². The van der Waals surface area contributed by atoms with Gasteiger partial charge in [0.1, 0.15) is 0 Å². The summed E-state index contributed by atoms with van der Waals surface area (Å²) in [7, 11) is 0. The molecular formula is C14H12Br2Cl2N2. The van der Waals surface area contributed by atoms with E-state index in [2.05, 4.69) is 42.2 Å². The molecule has 2 aromatic rings. The van der Waals surface area contributed by atoms with E-state index < -0.39 is 0 Å². The van der Waals surface area contributed by atoms with Crippen LogP contribution in [-0.4, -0.2) is 11.5 Å². The number of benzene rings is 1. The van der Waals surface area contributed by atoms with Crippen LogP contribution in [0.3, 0.4) is 0 Å². The molecule has 0 aliphatic heterocycles. The Hall–Kier alpha value is -0.130. The summed E-state index contributed by atoms with van der Waals surface area (Å²) in [6.45, 7) is 1.53. The summed E-state index contributed by atoms with van der Waals surface area (Å²) >= 11 is 18.9. The molecule has 0 radical (unpaired) electrons. The predicted octanol–water partition coefficient (Wildman–Crippen LogP) is 5.25. The van der Waals surface area contributed by atoms with Gasteiger partial charge in [0.25, 0.3) is 0 Å². The molecule has 0 amide bonds. The molecule has 20 heavy (non-hydrogen) atoms. The van der Waals surface area contributed by atoms with Crippen molar-refractivity contribution in [1.29, 1.82) is 0 Å². The van der Waals surface area contributed by atoms with Gasteiger partial charge < -0.3 is 5.32 Å². The summed E-state index contributed by atoms with van der Waals surface area (Å²) in [6, 6.07) is 7.57. The first kappa shape index (κ1) is 16.2. The number of nitrogens with one attached hydrogen (secondary N) is 1. The zero-order valence-electron chi connectivity index (χ0n) is 10.5. The molecule has 0 aliphatic rings. The molecule has 2 nitrogen and oxygen atoms in total. The highest BCUT2D eigenvalue weighted by Gasteiger charge is 2.03. The van der Waals surface area contributed by atoms with Crippen molar-refractivity contribution < 1.29 is 0 Å². The van der Waals surface area contributed by atoms with Crippen LogP contribution in [0.25, 0.3) is 0 Å². The summed E-state index contributed by atoms with van der Waals surface area (Å²) < 4.78 is 1.95. The monoisotopic (exact) mass is 436 g/mol. The normalized spacial score (nSPS) is 10.8. The Morgan fingerprint density at radius 3 is 2.65 bits per heavy atom. The van der Waals surface area contributed by atoms with Crippen molar-refractivity contribution in [3.8, 4) is 0 Å². The second-order valence-corrected chi connectivity index (χ2v) is 6.86. The van der Waals surface area contributed by atoms with E-state index >= 15 is 0 Å². The van der Waals surface area contributed by atoms with Crippen LogP contribution >= 0.6 is 55.1 Å². The van der Waals surface area contributed by atoms with Crippen molar-refractivity contribution in [2.75, 3.05) is 6.54 Å². The fourth-order valence-corrected chi connectivity index (χ4v) is 3.36. The van der Waals surface area contributed by atoms with E-state index in [0.717, 1.165) is 33.2 Å². The van der Waals surface area contributed by atoms with Crippen LogP contribution in [0.2, 0.25) is 10.0 Å². The Kier molecular flexibility index (Phi) is 6.30. The third kappa shape index (κ3) is 4.71. The van der Waals surface area contributed by atoms with Crippen LogP contribution in [0.5, 0.6) is 0 Å². The average molecular weight is 439 g/mol. The quantitative estimate of drug-likeness (QED) is 0.645. The highest BCUT2D eigenvalue weighted by atomic mass is 79.9. The molecule has 0 saturated carbocycles. The third-order valence-corrected chi connectivity index (χ3v) is 4.47. The predicted molar refractivity (Wildman–Crippen MR) is 91.5 cm³/mol. The Morgan fingerprint density at radius 1 is 1.15 bits per heavy atom. The molecule has 0 saturated heterocycles. The van der Waals surface area contributed by atoms with E-state index in [1.165, 1.54) is 0 Å². The summed E-state index contributed by atoms with van der Waals surface area (Å²) in [5.74, 6) is 0. The molecule has 1 heterocycles. The van der Waals surface area contributed by atoms with E-state index in [4.69, 9.17) is 23.2 Å². The molecule has 0 unspecified atom stereocenters. The average Bonchev–Trinajstić information content (AvgIpc) is 2.39. The molecular weight excluding hydrogens is 427 g/mol. The minimum absolute atomic E-state index is 0.662. The number of halogens is 4. The van der Waals surface area contributed by atoms with Crippen LogP contribution in [0.4, 0.5) is 0 Å². The van der Waals surface area contributed by atoms with Gasteiger partial charge in [0.05, 0.1) is 5.69 Å². The lowest BCUT2D eigenvalue weighted by Crippen LogP contribution is -2.17. The molecule has 0 aliphatic carbocycles. The first-order valence-corrected chi connectivity index (χ1v) is 8.35. The van der Waals surface area contributed by atoms with Crippen LogP contribution in [0.1, 0.15) is 11.3 Å². The van der Waals surface area contributed by atoms with Crippen LogP contribution in [0, 0.1) is 0 Å². The molecule has 106 valence electrons. The standard InChI is InChI=1S/C14H12Br2Cl2N2/c15-10-5-12(16)14(20-7-10)8-19-4-3-9-1-2-11(17)6-13(9)18/h1-2,5-7,19H,3-4,8H2. The maximum Gasteiger partial charge on any atom is 0.0684 e. The fourth-order valence-electron chi connectivity index (χ4n) is 1.73. The topological polar surface area (TPSA) is 24.9 Å². The molecule has 6 heteroatoms. The third-order valence-electron chi connectivity index (χ3n) is 2.76. The number of pyridine rings is 1. The number of nitrogens with zero attached hydrogens (tertiary/aromatic N) is 1. The number of hydrogen-bond acceptors (Lipinski definition) is 2.